The van der Waals surface area contributed by atoms with E-state index in [1.165, 1.54) is 0 Å². The molecule has 2 aliphatic rings. The minimum Gasteiger partial charge on any atom is -0.493 e. The van der Waals surface area contributed by atoms with Gasteiger partial charge in [0.25, 0.3) is 0 Å². The second-order valence-electron chi connectivity index (χ2n) is 7.80. The molecule has 0 heterocycles. The Kier molecular flexibility index (Phi) is 6.34. The number of hydrogen-bond acceptors (Lipinski definition) is 6. The van der Waals surface area contributed by atoms with Gasteiger partial charge in [-0.2, -0.15) is 15.8 Å². The van der Waals surface area contributed by atoms with E-state index >= 15 is 0 Å². The predicted octanol–water partition coefficient (Wildman–Crippen LogP) is 4.47. The van der Waals surface area contributed by atoms with Crippen LogP contribution in [0.1, 0.15) is 50.5 Å². The number of fused-ring (bicyclic) bond motifs is 1. The average molecular weight is 402 g/mol. The van der Waals surface area contributed by atoms with Crippen LogP contribution in [-0.4, -0.2) is 13.7 Å². The SMILES string of the molecule is CCCCOc1ccc([C@@H]2CCC=C3C(C#N)=C(N)C(C#N)(C#N)C[C@H]32)cc1OC. The fraction of sp³-hybridized carbons (Fsp3) is 0.458. The van der Waals surface area contributed by atoms with Crippen LogP contribution in [0.2, 0.25) is 0 Å². The predicted molar refractivity (Wildman–Crippen MR) is 112 cm³/mol. The Hall–Kier alpha value is -3.43. The molecule has 0 saturated carbocycles. The number of hydrogen-bond donors (Lipinski definition) is 1. The maximum Gasteiger partial charge on any atom is 0.184 e. The summed E-state index contributed by atoms with van der Waals surface area (Å²) in [4.78, 5) is 0. The molecule has 2 aliphatic carbocycles. The summed E-state index contributed by atoms with van der Waals surface area (Å²) in [6.07, 6.45) is 6.00. The van der Waals surface area contributed by atoms with Gasteiger partial charge in [-0.3, -0.25) is 0 Å². The lowest BCUT2D eigenvalue weighted by atomic mass is 9.61. The Morgan fingerprint density at radius 2 is 1.93 bits per heavy atom. The van der Waals surface area contributed by atoms with Gasteiger partial charge in [0, 0.05) is 0 Å². The van der Waals surface area contributed by atoms with Crippen LogP contribution in [0.5, 0.6) is 11.5 Å². The first-order valence-electron chi connectivity index (χ1n) is 10.3. The van der Waals surface area contributed by atoms with Crippen molar-refractivity contribution < 1.29 is 9.47 Å². The minimum atomic E-state index is -1.48. The van der Waals surface area contributed by atoms with Crippen molar-refractivity contribution in [1.29, 1.82) is 15.8 Å². The highest BCUT2D eigenvalue weighted by atomic mass is 16.5. The molecule has 1 aromatic carbocycles. The lowest BCUT2D eigenvalue weighted by Gasteiger charge is -2.40. The second-order valence-corrected chi connectivity index (χ2v) is 7.80. The molecule has 0 spiro atoms. The van der Waals surface area contributed by atoms with Gasteiger partial charge in [0.2, 0.25) is 0 Å². The van der Waals surface area contributed by atoms with Crippen LogP contribution in [0.3, 0.4) is 0 Å². The van der Waals surface area contributed by atoms with Crippen molar-refractivity contribution in [3.8, 4) is 29.7 Å². The van der Waals surface area contributed by atoms with Gasteiger partial charge in [0.15, 0.2) is 16.9 Å². The minimum absolute atomic E-state index is 0.0566. The number of nitrogens with zero attached hydrogens (tertiary/aromatic N) is 3. The zero-order valence-electron chi connectivity index (χ0n) is 17.4. The van der Waals surface area contributed by atoms with Crippen LogP contribution in [0.4, 0.5) is 0 Å². The molecule has 6 nitrogen and oxygen atoms in total. The summed E-state index contributed by atoms with van der Waals surface area (Å²) in [5, 5.41) is 29.2. The summed E-state index contributed by atoms with van der Waals surface area (Å²) in [6.45, 7) is 2.74. The lowest BCUT2D eigenvalue weighted by Crippen LogP contribution is -2.37. The number of rotatable bonds is 6. The number of allylic oxidation sites excluding steroid dienone is 4. The van der Waals surface area contributed by atoms with Crippen LogP contribution in [0.25, 0.3) is 0 Å². The number of unbranched alkanes of at least 4 members (excludes halogenated alkanes) is 1. The van der Waals surface area contributed by atoms with E-state index in [-0.39, 0.29) is 29.5 Å². The Bertz CT molecular complexity index is 990. The van der Waals surface area contributed by atoms with E-state index in [9.17, 15) is 15.8 Å². The number of ether oxygens (including phenoxy) is 2. The van der Waals surface area contributed by atoms with E-state index in [4.69, 9.17) is 15.2 Å². The van der Waals surface area contributed by atoms with Crippen molar-refractivity contribution in [2.24, 2.45) is 17.1 Å². The molecule has 0 aromatic heterocycles. The van der Waals surface area contributed by atoms with Gasteiger partial charge in [0.1, 0.15) is 6.07 Å². The highest BCUT2D eigenvalue weighted by Crippen LogP contribution is 2.52. The first-order valence-corrected chi connectivity index (χ1v) is 10.3. The van der Waals surface area contributed by atoms with E-state index in [1.807, 2.05) is 24.3 Å². The van der Waals surface area contributed by atoms with Gasteiger partial charge in [-0.05, 0) is 60.8 Å². The van der Waals surface area contributed by atoms with Gasteiger partial charge in [-0.15, -0.1) is 0 Å². The molecule has 2 atom stereocenters. The van der Waals surface area contributed by atoms with E-state index < -0.39 is 5.41 Å². The molecular weight excluding hydrogens is 376 g/mol. The maximum absolute atomic E-state index is 9.74. The van der Waals surface area contributed by atoms with Crippen molar-refractivity contribution >= 4 is 0 Å². The zero-order chi connectivity index (χ0) is 21.7. The molecule has 0 amide bonds. The molecule has 3 rings (SSSR count). The zero-order valence-corrected chi connectivity index (χ0v) is 17.4. The number of nitriles is 3. The summed E-state index contributed by atoms with van der Waals surface area (Å²) in [5.74, 6) is 1.30. The molecule has 154 valence electrons. The largest absolute Gasteiger partial charge is 0.493 e. The molecule has 2 N–H and O–H groups in total. The van der Waals surface area contributed by atoms with Gasteiger partial charge < -0.3 is 15.2 Å². The molecule has 0 aliphatic heterocycles. The Balaban J connectivity index is 2.00. The first-order chi connectivity index (χ1) is 14.5. The van der Waals surface area contributed by atoms with Crippen LogP contribution >= 0.6 is 0 Å². The summed E-state index contributed by atoms with van der Waals surface area (Å²) in [5.41, 5.74) is 6.93. The first kappa shape index (κ1) is 21.3. The molecule has 6 heteroatoms. The lowest BCUT2D eigenvalue weighted by molar-refractivity contribution is 0.287. The topological polar surface area (TPSA) is 116 Å². The third kappa shape index (κ3) is 3.60. The van der Waals surface area contributed by atoms with Crippen LogP contribution in [0, 0.1) is 45.3 Å². The standard InChI is InChI=1S/C24H26N4O2/c1-3-4-10-30-21-9-8-16(11-22(21)29-2)17-6-5-7-18-19(17)12-24(14-26,15-27)23(28)20(18)13-25/h7-9,11,17,19H,3-6,10,12,28H2,1-2H3/t17-,19-/m0/s1. The van der Waals surface area contributed by atoms with Gasteiger partial charge in [0.05, 0.1) is 37.1 Å². The van der Waals surface area contributed by atoms with Gasteiger partial charge >= 0.3 is 0 Å². The van der Waals surface area contributed by atoms with Gasteiger partial charge in [-0.25, -0.2) is 0 Å². The van der Waals surface area contributed by atoms with E-state index in [0.717, 1.165) is 36.8 Å². The van der Waals surface area contributed by atoms with Crippen molar-refractivity contribution in [2.45, 2.75) is 44.9 Å². The Morgan fingerprint density at radius 3 is 2.57 bits per heavy atom. The van der Waals surface area contributed by atoms with E-state index in [1.54, 1.807) is 7.11 Å². The Morgan fingerprint density at radius 1 is 1.17 bits per heavy atom. The highest BCUT2D eigenvalue weighted by molar-refractivity contribution is 5.57. The Labute approximate surface area is 177 Å². The van der Waals surface area contributed by atoms with Crippen molar-refractivity contribution in [2.75, 3.05) is 13.7 Å². The van der Waals surface area contributed by atoms with Crippen LogP contribution in [-0.2, 0) is 0 Å². The highest BCUT2D eigenvalue weighted by Gasteiger charge is 2.47. The normalized spacial score (nSPS) is 22.0. The fourth-order valence-corrected chi connectivity index (χ4v) is 4.46. The van der Waals surface area contributed by atoms with Crippen molar-refractivity contribution in [3.05, 3.63) is 46.7 Å². The quantitative estimate of drug-likeness (QED) is 0.702. The molecular formula is C24H26N4O2. The summed E-state index contributed by atoms with van der Waals surface area (Å²) in [7, 11) is 1.62. The molecule has 1 aromatic rings. The second kappa shape index (κ2) is 8.93. The summed E-state index contributed by atoms with van der Waals surface area (Å²) >= 11 is 0. The number of methoxy groups -OCH3 is 1. The number of benzene rings is 1. The molecule has 0 unspecified atom stereocenters. The third-order valence-corrected chi connectivity index (χ3v) is 6.14. The average Bonchev–Trinajstić information content (AvgIpc) is 2.78. The van der Waals surface area contributed by atoms with Gasteiger partial charge in [-0.1, -0.05) is 25.5 Å². The molecule has 0 bridgehead atoms. The van der Waals surface area contributed by atoms with Crippen LogP contribution < -0.4 is 15.2 Å². The maximum atomic E-state index is 9.74. The smallest absolute Gasteiger partial charge is 0.184 e. The number of nitrogens with two attached hydrogens (primary N) is 1. The molecule has 0 radical (unpaired) electrons. The third-order valence-electron chi connectivity index (χ3n) is 6.14. The van der Waals surface area contributed by atoms with Crippen LogP contribution in [0.15, 0.2) is 41.1 Å². The van der Waals surface area contributed by atoms with Crippen molar-refractivity contribution in [3.63, 3.8) is 0 Å². The van der Waals surface area contributed by atoms with Crippen molar-refractivity contribution in [1.82, 2.24) is 0 Å². The molecule has 0 saturated heterocycles. The van der Waals surface area contributed by atoms with E-state index in [2.05, 4.69) is 25.1 Å². The monoisotopic (exact) mass is 402 g/mol. The summed E-state index contributed by atoms with van der Waals surface area (Å²) in [6, 6.07) is 12.2. The molecule has 30 heavy (non-hydrogen) atoms. The fourth-order valence-electron chi connectivity index (χ4n) is 4.46. The van der Waals surface area contributed by atoms with E-state index in [0.29, 0.717) is 18.1 Å². The summed E-state index contributed by atoms with van der Waals surface area (Å²) < 4.78 is 11.4. The molecule has 0 fully saturated rings.